The molecule has 2 aromatic rings. The molecule has 3 N–H and O–H groups in total. The van der Waals surface area contributed by atoms with E-state index in [1.165, 1.54) is 6.07 Å². The Hall–Kier alpha value is -2.07. The SMILES string of the molecule is O=C(O)c1ccc(-c2cccc(CO)c2)[nH]1. The average Bonchev–Trinajstić information content (AvgIpc) is 2.78. The van der Waals surface area contributed by atoms with Gasteiger partial charge in [0.15, 0.2) is 0 Å². The predicted molar refractivity (Wildman–Crippen MR) is 59.1 cm³/mol. The minimum atomic E-state index is -0.982. The normalized spacial score (nSPS) is 10.3. The van der Waals surface area contributed by atoms with Gasteiger partial charge in [-0.05, 0) is 29.3 Å². The third-order valence-electron chi connectivity index (χ3n) is 2.34. The second-order valence-electron chi connectivity index (χ2n) is 3.45. The lowest BCUT2D eigenvalue weighted by atomic mass is 10.1. The largest absolute Gasteiger partial charge is 0.477 e. The Balaban J connectivity index is 2.38. The number of hydrogen-bond acceptors (Lipinski definition) is 2. The molecule has 0 spiro atoms. The van der Waals surface area contributed by atoms with E-state index in [-0.39, 0.29) is 12.3 Å². The Labute approximate surface area is 92.2 Å². The monoisotopic (exact) mass is 217 g/mol. The van der Waals surface area contributed by atoms with Gasteiger partial charge in [0.2, 0.25) is 0 Å². The highest BCUT2D eigenvalue weighted by atomic mass is 16.4. The van der Waals surface area contributed by atoms with Crippen LogP contribution in [0.4, 0.5) is 0 Å². The van der Waals surface area contributed by atoms with Crippen LogP contribution in [0.25, 0.3) is 11.3 Å². The van der Waals surface area contributed by atoms with Crippen molar-refractivity contribution in [2.75, 3.05) is 0 Å². The van der Waals surface area contributed by atoms with Crippen LogP contribution in [0, 0.1) is 0 Å². The Kier molecular flexibility index (Phi) is 2.74. The molecule has 0 bridgehead atoms. The molecule has 0 aliphatic carbocycles. The fourth-order valence-electron chi connectivity index (χ4n) is 1.53. The quantitative estimate of drug-likeness (QED) is 0.734. The summed E-state index contributed by atoms with van der Waals surface area (Å²) < 4.78 is 0. The van der Waals surface area contributed by atoms with Crippen molar-refractivity contribution in [1.82, 2.24) is 4.98 Å². The number of benzene rings is 1. The van der Waals surface area contributed by atoms with Gasteiger partial charge in [0.05, 0.1) is 6.61 Å². The van der Waals surface area contributed by atoms with Crippen molar-refractivity contribution in [2.45, 2.75) is 6.61 Å². The molecule has 4 nitrogen and oxygen atoms in total. The molecule has 0 aliphatic rings. The van der Waals surface area contributed by atoms with Crippen LogP contribution in [-0.4, -0.2) is 21.2 Å². The van der Waals surface area contributed by atoms with E-state index in [0.717, 1.165) is 16.8 Å². The van der Waals surface area contributed by atoms with Crippen molar-refractivity contribution < 1.29 is 15.0 Å². The van der Waals surface area contributed by atoms with Gasteiger partial charge in [-0.15, -0.1) is 0 Å². The first-order valence-corrected chi connectivity index (χ1v) is 4.83. The molecule has 1 aromatic heterocycles. The van der Waals surface area contributed by atoms with Crippen LogP contribution in [0.1, 0.15) is 16.1 Å². The van der Waals surface area contributed by atoms with Crippen LogP contribution in [0.5, 0.6) is 0 Å². The molecule has 0 aliphatic heterocycles. The van der Waals surface area contributed by atoms with Gasteiger partial charge in [-0.3, -0.25) is 0 Å². The summed E-state index contributed by atoms with van der Waals surface area (Å²) in [6, 6.07) is 10.5. The maximum Gasteiger partial charge on any atom is 0.352 e. The summed E-state index contributed by atoms with van der Waals surface area (Å²) in [6.07, 6.45) is 0. The van der Waals surface area contributed by atoms with Crippen LogP contribution >= 0.6 is 0 Å². The standard InChI is InChI=1S/C12H11NO3/c14-7-8-2-1-3-9(6-8)10-4-5-11(13-10)12(15)16/h1-6,13-14H,7H2,(H,15,16). The number of aliphatic hydroxyl groups excluding tert-OH is 1. The van der Waals surface area contributed by atoms with E-state index in [0.29, 0.717) is 0 Å². The van der Waals surface area contributed by atoms with Crippen LogP contribution in [0.2, 0.25) is 0 Å². The predicted octanol–water partition coefficient (Wildman–Crippen LogP) is 1.87. The highest BCUT2D eigenvalue weighted by Gasteiger charge is 2.07. The van der Waals surface area contributed by atoms with E-state index >= 15 is 0 Å². The van der Waals surface area contributed by atoms with Gasteiger partial charge in [0, 0.05) is 5.69 Å². The molecular formula is C12H11NO3. The van der Waals surface area contributed by atoms with Crippen LogP contribution in [-0.2, 0) is 6.61 Å². The molecule has 0 radical (unpaired) electrons. The highest BCUT2D eigenvalue weighted by molar-refractivity contribution is 5.86. The maximum absolute atomic E-state index is 10.7. The summed E-state index contributed by atoms with van der Waals surface area (Å²) in [7, 11) is 0. The highest BCUT2D eigenvalue weighted by Crippen LogP contribution is 2.19. The number of aliphatic hydroxyl groups is 1. The molecular weight excluding hydrogens is 206 g/mol. The zero-order valence-electron chi connectivity index (χ0n) is 8.47. The number of carbonyl (C=O) groups is 1. The zero-order chi connectivity index (χ0) is 11.5. The van der Waals surface area contributed by atoms with Crippen LogP contribution < -0.4 is 0 Å². The zero-order valence-corrected chi connectivity index (χ0v) is 8.47. The van der Waals surface area contributed by atoms with E-state index in [4.69, 9.17) is 10.2 Å². The number of rotatable bonds is 3. The third kappa shape index (κ3) is 1.97. The Morgan fingerprint density at radius 2 is 2.06 bits per heavy atom. The number of aromatic nitrogens is 1. The lowest BCUT2D eigenvalue weighted by Crippen LogP contribution is -1.95. The van der Waals surface area contributed by atoms with Gasteiger partial charge < -0.3 is 15.2 Å². The summed E-state index contributed by atoms with van der Waals surface area (Å²) in [5, 5.41) is 17.8. The van der Waals surface area contributed by atoms with Gasteiger partial charge in [-0.1, -0.05) is 18.2 Å². The van der Waals surface area contributed by atoms with Gasteiger partial charge in [0.1, 0.15) is 5.69 Å². The molecule has 0 saturated carbocycles. The number of nitrogens with one attached hydrogen (secondary N) is 1. The molecule has 0 amide bonds. The minimum absolute atomic E-state index is 0.0274. The topological polar surface area (TPSA) is 73.3 Å². The van der Waals surface area contributed by atoms with E-state index < -0.39 is 5.97 Å². The lowest BCUT2D eigenvalue weighted by molar-refractivity contribution is 0.0691. The minimum Gasteiger partial charge on any atom is -0.477 e. The maximum atomic E-state index is 10.7. The number of carboxylic acid groups (broad SMARTS) is 1. The van der Waals surface area contributed by atoms with Crippen molar-refractivity contribution in [1.29, 1.82) is 0 Å². The first kappa shape index (κ1) is 10.4. The molecule has 0 atom stereocenters. The van der Waals surface area contributed by atoms with Crippen LogP contribution in [0.15, 0.2) is 36.4 Å². The molecule has 0 saturated heterocycles. The van der Waals surface area contributed by atoms with Crippen LogP contribution in [0.3, 0.4) is 0 Å². The fraction of sp³-hybridized carbons (Fsp3) is 0.0833. The van der Waals surface area contributed by atoms with Crippen molar-refractivity contribution >= 4 is 5.97 Å². The Morgan fingerprint density at radius 1 is 1.25 bits per heavy atom. The molecule has 0 unspecified atom stereocenters. The molecule has 1 aromatic carbocycles. The molecule has 16 heavy (non-hydrogen) atoms. The number of carboxylic acids is 1. The number of hydrogen-bond donors (Lipinski definition) is 3. The molecule has 82 valence electrons. The summed E-state index contributed by atoms with van der Waals surface area (Å²) in [6.45, 7) is -0.0274. The van der Waals surface area contributed by atoms with Gasteiger partial charge >= 0.3 is 5.97 Å². The van der Waals surface area contributed by atoms with Crippen molar-refractivity contribution in [2.24, 2.45) is 0 Å². The number of aromatic carboxylic acids is 1. The lowest BCUT2D eigenvalue weighted by Gasteiger charge is -2.00. The number of aromatic amines is 1. The first-order valence-electron chi connectivity index (χ1n) is 4.83. The molecule has 2 rings (SSSR count). The first-order chi connectivity index (χ1) is 7.70. The second-order valence-corrected chi connectivity index (χ2v) is 3.45. The van der Waals surface area contributed by atoms with Gasteiger partial charge in [-0.2, -0.15) is 0 Å². The second kappa shape index (κ2) is 4.20. The molecule has 0 fully saturated rings. The van der Waals surface area contributed by atoms with Crippen molar-refractivity contribution in [3.05, 3.63) is 47.7 Å². The van der Waals surface area contributed by atoms with Crippen molar-refractivity contribution in [3.8, 4) is 11.3 Å². The Bertz CT molecular complexity index is 516. The van der Waals surface area contributed by atoms with E-state index in [1.807, 2.05) is 24.3 Å². The summed E-state index contributed by atoms with van der Waals surface area (Å²) >= 11 is 0. The average molecular weight is 217 g/mol. The summed E-state index contributed by atoms with van der Waals surface area (Å²) in [5.41, 5.74) is 2.54. The fourth-order valence-corrected chi connectivity index (χ4v) is 1.53. The smallest absolute Gasteiger partial charge is 0.352 e. The summed E-state index contributed by atoms with van der Waals surface area (Å²) in [4.78, 5) is 13.5. The van der Waals surface area contributed by atoms with E-state index in [2.05, 4.69) is 4.98 Å². The van der Waals surface area contributed by atoms with E-state index in [1.54, 1.807) is 6.07 Å². The molecule has 4 heteroatoms. The van der Waals surface area contributed by atoms with Crippen molar-refractivity contribution in [3.63, 3.8) is 0 Å². The number of H-pyrrole nitrogens is 1. The summed E-state index contributed by atoms with van der Waals surface area (Å²) in [5.74, 6) is -0.982. The van der Waals surface area contributed by atoms with Gasteiger partial charge in [0.25, 0.3) is 0 Å². The van der Waals surface area contributed by atoms with E-state index in [9.17, 15) is 4.79 Å². The third-order valence-corrected chi connectivity index (χ3v) is 2.34. The van der Waals surface area contributed by atoms with Gasteiger partial charge in [-0.25, -0.2) is 4.79 Å². The molecule has 1 heterocycles. The Morgan fingerprint density at radius 3 is 2.69 bits per heavy atom.